The zero-order valence-electron chi connectivity index (χ0n) is 17.0. The van der Waals surface area contributed by atoms with E-state index in [0.717, 1.165) is 0 Å². The Kier molecular flexibility index (Phi) is 7.22. The Morgan fingerprint density at radius 2 is 2.07 bits per heavy atom. The first-order chi connectivity index (χ1) is 13.5. The van der Waals surface area contributed by atoms with Gasteiger partial charge >= 0.3 is 5.97 Å². The molecule has 0 aromatic heterocycles. The molecular formula is C21H29N3O5. The smallest absolute Gasteiger partial charge is 0.306 e. The van der Waals surface area contributed by atoms with Crippen molar-refractivity contribution in [1.82, 2.24) is 0 Å². The van der Waals surface area contributed by atoms with Crippen LogP contribution >= 0.6 is 0 Å². The molecule has 4 N–H and O–H groups in total. The quantitative estimate of drug-likeness (QED) is 0.603. The van der Waals surface area contributed by atoms with E-state index in [2.05, 4.69) is 0 Å². The van der Waals surface area contributed by atoms with Gasteiger partial charge in [0.25, 0.3) is 0 Å². The Hall–Kier alpha value is -2.63. The van der Waals surface area contributed by atoms with Crippen LogP contribution in [0.2, 0.25) is 0 Å². The Labute approximate surface area is 170 Å². The fraction of sp³-hybridized carbons (Fsp3) is 0.571. The van der Waals surface area contributed by atoms with Gasteiger partial charge in [-0.25, -0.2) is 0 Å². The maximum absolute atomic E-state index is 13.0. The highest BCUT2D eigenvalue weighted by Gasteiger charge is 2.34. The van der Waals surface area contributed by atoms with Crippen molar-refractivity contribution in [3.8, 4) is 11.8 Å². The second kappa shape index (κ2) is 9.25. The monoisotopic (exact) mass is 403 g/mol. The summed E-state index contributed by atoms with van der Waals surface area (Å²) in [5, 5.41) is 28.5. The molecule has 1 aromatic carbocycles. The predicted molar refractivity (Wildman–Crippen MR) is 107 cm³/mol. The molecule has 2 rings (SSSR count). The molecule has 1 aliphatic heterocycles. The number of para-hydroxylation sites is 2. The molecule has 0 radical (unpaired) electrons. The average molecular weight is 403 g/mol. The molecule has 0 spiro atoms. The van der Waals surface area contributed by atoms with Crippen LogP contribution in [0.1, 0.15) is 40.0 Å². The van der Waals surface area contributed by atoms with Gasteiger partial charge in [0.2, 0.25) is 12.0 Å². The molecule has 0 fully saturated rings. The molecule has 0 saturated carbocycles. The lowest BCUT2D eigenvalue weighted by molar-refractivity contribution is -0.142. The van der Waals surface area contributed by atoms with Gasteiger partial charge in [-0.2, -0.15) is 5.26 Å². The van der Waals surface area contributed by atoms with Crippen LogP contribution in [0.15, 0.2) is 24.3 Å². The second-order valence-corrected chi connectivity index (χ2v) is 8.46. The van der Waals surface area contributed by atoms with Crippen LogP contribution < -0.4 is 15.4 Å². The number of hydrogen-bond donors (Lipinski definition) is 3. The number of aliphatic carboxylic acids is 1. The number of nitriles is 1. The minimum absolute atomic E-state index is 0.0568. The van der Waals surface area contributed by atoms with Crippen molar-refractivity contribution in [3.63, 3.8) is 0 Å². The topological polar surface area (TPSA) is 137 Å². The van der Waals surface area contributed by atoms with E-state index in [1.165, 1.54) is 6.92 Å². The summed E-state index contributed by atoms with van der Waals surface area (Å²) in [5.74, 6) is -1.35. The number of anilines is 1. The van der Waals surface area contributed by atoms with Crippen molar-refractivity contribution < 1.29 is 24.5 Å². The minimum Gasteiger partial charge on any atom is -0.481 e. The van der Waals surface area contributed by atoms with Gasteiger partial charge in [-0.05, 0) is 30.4 Å². The number of nitrogens with two attached hydrogens (primary N) is 1. The molecule has 1 heterocycles. The standard InChI is InChI=1S/C21H29N3O5/c1-13(20(27)28)8-17(25)15(23)9-21(2,3)10-19(26)24-12-14(11-22)29-18-7-5-4-6-16(18)24/h4-7,13-15,17,25H,8-10,12,23H2,1-3H3,(H,27,28)/t13-,14+,15+,17+/m1/s1. The number of aliphatic hydroxyl groups excluding tert-OH is 1. The molecule has 0 saturated heterocycles. The number of ether oxygens (including phenoxy) is 1. The number of aliphatic hydroxyl groups is 1. The van der Waals surface area contributed by atoms with E-state index in [0.29, 0.717) is 17.9 Å². The fourth-order valence-corrected chi connectivity index (χ4v) is 3.53. The van der Waals surface area contributed by atoms with Crippen molar-refractivity contribution >= 4 is 17.6 Å². The Morgan fingerprint density at radius 1 is 1.41 bits per heavy atom. The summed E-state index contributed by atoms with van der Waals surface area (Å²) in [6.07, 6.45) is -1.14. The number of rotatable bonds is 8. The first kappa shape index (κ1) is 22.7. The largest absolute Gasteiger partial charge is 0.481 e. The fourth-order valence-electron chi connectivity index (χ4n) is 3.53. The molecule has 1 aliphatic rings. The number of amides is 1. The van der Waals surface area contributed by atoms with Crippen molar-refractivity contribution in [1.29, 1.82) is 5.26 Å². The van der Waals surface area contributed by atoms with Gasteiger partial charge in [0.05, 0.1) is 24.3 Å². The predicted octanol–water partition coefficient (Wildman–Crippen LogP) is 1.91. The minimum atomic E-state index is -0.983. The van der Waals surface area contributed by atoms with Crippen LogP contribution in [0.4, 0.5) is 5.69 Å². The second-order valence-electron chi connectivity index (χ2n) is 8.46. The number of carboxylic acids is 1. The van der Waals surface area contributed by atoms with Crippen LogP contribution in [0.25, 0.3) is 0 Å². The number of nitrogens with zero attached hydrogens (tertiary/aromatic N) is 2. The maximum Gasteiger partial charge on any atom is 0.306 e. The molecule has 8 nitrogen and oxygen atoms in total. The summed E-state index contributed by atoms with van der Waals surface area (Å²) in [6, 6.07) is 8.48. The van der Waals surface area contributed by atoms with Gasteiger partial charge < -0.3 is 25.6 Å². The van der Waals surface area contributed by atoms with Gasteiger partial charge in [0, 0.05) is 12.5 Å². The normalized spacial score (nSPS) is 19.3. The molecule has 158 valence electrons. The summed E-state index contributed by atoms with van der Waals surface area (Å²) in [6.45, 7) is 5.43. The van der Waals surface area contributed by atoms with Crippen LogP contribution in [0.3, 0.4) is 0 Å². The van der Waals surface area contributed by atoms with Crippen molar-refractivity contribution in [2.75, 3.05) is 11.4 Å². The number of hydrogen-bond acceptors (Lipinski definition) is 6. The lowest BCUT2D eigenvalue weighted by atomic mass is 9.80. The molecule has 29 heavy (non-hydrogen) atoms. The molecule has 0 unspecified atom stereocenters. The highest BCUT2D eigenvalue weighted by Crippen LogP contribution is 2.36. The first-order valence-electron chi connectivity index (χ1n) is 9.66. The Balaban J connectivity index is 2.05. The van der Waals surface area contributed by atoms with E-state index in [4.69, 9.17) is 15.6 Å². The van der Waals surface area contributed by atoms with Crippen LogP contribution in [0, 0.1) is 22.7 Å². The maximum atomic E-state index is 13.0. The van der Waals surface area contributed by atoms with Crippen molar-refractivity contribution in [2.24, 2.45) is 17.1 Å². The van der Waals surface area contributed by atoms with E-state index < -0.39 is 35.6 Å². The number of carbonyl (C=O) groups is 2. The van der Waals surface area contributed by atoms with Gasteiger partial charge in [-0.1, -0.05) is 32.9 Å². The zero-order chi connectivity index (χ0) is 21.8. The van der Waals surface area contributed by atoms with Gasteiger partial charge in [0.1, 0.15) is 11.8 Å². The molecule has 0 bridgehead atoms. The lowest BCUT2D eigenvalue weighted by Gasteiger charge is -2.35. The summed E-state index contributed by atoms with van der Waals surface area (Å²) in [5.41, 5.74) is 6.19. The van der Waals surface area contributed by atoms with E-state index in [1.807, 2.05) is 19.9 Å². The molecule has 8 heteroatoms. The highest BCUT2D eigenvalue weighted by atomic mass is 16.5. The summed E-state index contributed by atoms with van der Waals surface area (Å²) in [7, 11) is 0. The molecule has 1 amide bonds. The van der Waals surface area contributed by atoms with Crippen LogP contribution in [0.5, 0.6) is 5.75 Å². The van der Waals surface area contributed by atoms with E-state index in [9.17, 15) is 20.0 Å². The average Bonchev–Trinajstić information content (AvgIpc) is 2.65. The van der Waals surface area contributed by atoms with E-state index in [-0.39, 0.29) is 25.3 Å². The van der Waals surface area contributed by atoms with Crippen LogP contribution in [-0.2, 0) is 9.59 Å². The summed E-state index contributed by atoms with van der Waals surface area (Å²) < 4.78 is 5.59. The molecular weight excluding hydrogens is 374 g/mol. The number of benzene rings is 1. The van der Waals surface area contributed by atoms with Crippen molar-refractivity contribution in [3.05, 3.63) is 24.3 Å². The third kappa shape index (κ3) is 5.92. The molecule has 0 aliphatic carbocycles. The zero-order valence-corrected chi connectivity index (χ0v) is 17.0. The number of fused-ring (bicyclic) bond motifs is 1. The number of carboxylic acid groups (broad SMARTS) is 1. The van der Waals surface area contributed by atoms with Gasteiger partial charge in [-0.15, -0.1) is 0 Å². The molecule has 4 atom stereocenters. The van der Waals surface area contributed by atoms with E-state index in [1.54, 1.807) is 29.2 Å². The summed E-state index contributed by atoms with van der Waals surface area (Å²) >= 11 is 0. The Bertz CT molecular complexity index is 789. The molecule has 1 aromatic rings. The SMILES string of the molecule is C[C@H](C[C@H](O)[C@@H](N)CC(C)(C)CC(=O)N1C[C@H](C#N)Oc2ccccc21)C(=O)O. The highest BCUT2D eigenvalue weighted by molar-refractivity contribution is 5.95. The first-order valence-corrected chi connectivity index (χ1v) is 9.66. The third-order valence-corrected chi connectivity index (χ3v) is 5.15. The van der Waals surface area contributed by atoms with Gasteiger partial charge in [-0.3, -0.25) is 9.59 Å². The van der Waals surface area contributed by atoms with E-state index >= 15 is 0 Å². The van der Waals surface area contributed by atoms with Crippen molar-refractivity contribution in [2.45, 2.75) is 58.3 Å². The van der Waals surface area contributed by atoms with Gasteiger partial charge in [0.15, 0.2) is 0 Å². The number of carbonyl (C=O) groups excluding carboxylic acids is 1. The third-order valence-electron chi connectivity index (χ3n) is 5.15. The lowest BCUT2D eigenvalue weighted by Crippen LogP contribution is -2.45. The summed E-state index contributed by atoms with van der Waals surface area (Å²) in [4.78, 5) is 25.6. The Morgan fingerprint density at radius 3 is 2.69 bits per heavy atom. The van der Waals surface area contributed by atoms with Crippen LogP contribution in [-0.4, -0.2) is 46.9 Å².